The molecule has 2 heterocycles. The van der Waals surface area contributed by atoms with Crippen molar-refractivity contribution in [1.82, 2.24) is 15.5 Å². The van der Waals surface area contributed by atoms with E-state index in [9.17, 15) is 4.79 Å². The summed E-state index contributed by atoms with van der Waals surface area (Å²) in [6.07, 6.45) is -0.678. The molecule has 1 amide bonds. The summed E-state index contributed by atoms with van der Waals surface area (Å²) in [6, 6.07) is 10.7. The maximum Gasteiger partial charge on any atom is 0.261 e. The van der Waals surface area contributed by atoms with E-state index in [4.69, 9.17) is 20.9 Å². The third-order valence-corrected chi connectivity index (χ3v) is 4.20. The van der Waals surface area contributed by atoms with Crippen molar-refractivity contribution < 1.29 is 14.1 Å². The van der Waals surface area contributed by atoms with E-state index in [1.807, 2.05) is 17.5 Å². The maximum absolute atomic E-state index is 12.1. The first kappa shape index (κ1) is 16.5. The third kappa shape index (κ3) is 4.12. The van der Waals surface area contributed by atoms with Crippen molar-refractivity contribution in [3.05, 3.63) is 52.7 Å². The van der Waals surface area contributed by atoms with E-state index in [0.717, 1.165) is 4.88 Å². The Labute approximate surface area is 147 Å². The number of rotatable bonds is 6. The van der Waals surface area contributed by atoms with Crippen molar-refractivity contribution in [2.24, 2.45) is 0 Å². The molecule has 2 aromatic heterocycles. The summed E-state index contributed by atoms with van der Waals surface area (Å²) in [5, 5.41) is 9.07. The van der Waals surface area contributed by atoms with Crippen LogP contribution in [0.1, 0.15) is 12.8 Å². The zero-order valence-corrected chi connectivity index (χ0v) is 14.3. The van der Waals surface area contributed by atoms with Crippen molar-refractivity contribution in [2.75, 3.05) is 0 Å². The minimum Gasteiger partial charge on any atom is -0.481 e. The molecule has 0 bridgehead atoms. The zero-order valence-electron chi connectivity index (χ0n) is 12.7. The molecule has 3 aromatic rings. The number of halogens is 1. The largest absolute Gasteiger partial charge is 0.481 e. The molecule has 1 atom stereocenters. The normalized spacial score (nSPS) is 11.9. The Morgan fingerprint density at radius 3 is 3.04 bits per heavy atom. The van der Waals surface area contributed by atoms with Crippen LogP contribution in [0.2, 0.25) is 5.02 Å². The Kier molecular flexibility index (Phi) is 5.12. The Morgan fingerprint density at radius 2 is 2.29 bits per heavy atom. The van der Waals surface area contributed by atoms with Crippen molar-refractivity contribution in [3.8, 4) is 16.5 Å². The van der Waals surface area contributed by atoms with E-state index < -0.39 is 6.10 Å². The second-order valence-electron chi connectivity index (χ2n) is 4.92. The molecule has 0 fully saturated rings. The van der Waals surface area contributed by atoms with Crippen LogP contribution in [0.15, 0.2) is 46.3 Å². The van der Waals surface area contributed by atoms with Gasteiger partial charge >= 0.3 is 0 Å². The van der Waals surface area contributed by atoms with Crippen LogP contribution in [0.4, 0.5) is 0 Å². The lowest BCUT2D eigenvalue weighted by Gasteiger charge is -2.14. The highest BCUT2D eigenvalue weighted by Gasteiger charge is 2.16. The summed E-state index contributed by atoms with van der Waals surface area (Å²) in [7, 11) is 0. The van der Waals surface area contributed by atoms with E-state index in [-0.39, 0.29) is 12.5 Å². The molecular formula is C16H14ClN3O3S. The number of hydrogen-bond acceptors (Lipinski definition) is 6. The topological polar surface area (TPSA) is 77.2 Å². The Balaban J connectivity index is 1.53. The number of hydrogen-bond donors (Lipinski definition) is 1. The number of benzene rings is 1. The van der Waals surface area contributed by atoms with Gasteiger partial charge in [0.25, 0.3) is 5.91 Å². The number of carbonyl (C=O) groups is 1. The van der Waals surface area contributed by atoms with Gasteiger partial charge < -0.3 is 14.6 Å². The first-order chi connectivity index (χ1) is 11.6. The van der Waals surface area contributed by atoms with Crippen LogP contribution in [0, 0.1) is 0 Å². The maximum atomic E-state index is 12.1. The average molecular weight is 364 g/mol. The lowest BCUT2D eigenvalue weighted by Crippen LogP contribution is -2.35. The highest BCUT2D eigenvalue weighted by Crippen LogP contribution is 2.21. The summed E-state index contributed by atoms with van der Waals surface area (Å²) in [5.74, 6) is 1.09. The molecule has 0 aliphatic rings. The average Bonchev–Trinajstić information content (AvgIpc) is 3.23. The summed E-state index contributed by atoms with van der Waals surface area (Å²) in [4.78, 5) is 17.2. The van der Waals surface area contributed by atoms with Gasteiger partial charge in [-0.2, -0.15) is 4.98 Å². The standard InChI is InChI=1S/C16H14ClN3O3S/c1-10(22-12-5-2-4-11(17)8-12)16(21)18-9-14-19-15(20-23-14)13-6-3-7-24-13/h2-8,10H,9H2,1H3,(H,18,21). The van der Waals surface area contributed by atoms with E-state index in [2.05, 4.69) is 15.5 Å². The number of nitrogens with zero attached hydrogens (tertiary/aromatic N) is 2. The Hall–Kier alpha value is -2.38. The zero-order chi connectivity index (χ0) is 16.9. The predicted octanol–water partition coefficient (Wildman–Crippen LogP) is 3.54. The van der Waals surface area contributed by atoms with Crippen molar-refractivity contribution in [3.63, 3.8) is 0 Å². The predicted molar refractivity (Wildman–Crippen MR) is 91.0 cm³/mol. The van der Waals surface area contributed by atoms with Crippen molar-refractivity contribution in [1.29, 1.82) is 0 Å². The molecular weight excluding hydrogens is 350 g/mol. The van der Waals surface area contributed by atoms with Crippen LogP contribution in [0.25, 0.3) is 10.7 Å². The molecule has 6 nitrogen and oxygen atoms in total. The first-order valence-electron chi connectivity index (χ1n) is 7.18. The van der Waals surface area contributed by atoms with Crippen LogP contribution in [0.5, 0.6) is 5.75 Å². The smallest absolute Gasteiger partial charge is 0.261 e. The molecule has 0 aliphatic carbocycles. The number of thiophene rings is 1. The van der Waals surface area contributed by atoms with E-state index in [0.29, 0.717) is 22.5 Å². The quantitative estimate of drug-likeness (QED) is 0.724. The molecule has 1 N–H and O–H groups in total. The van der Waals surface area contributed by atoms with Crippen LogP contribution < -0.4 is 10.1 Å². The fourth-order valence-corrected chi connectivity index (χ4v) is 2.77. The lowest BCUT2D eigenvalue weighted by molar-refractivity contribution is -0.127. The summed E-state index contributed by atoms with van der Waals surface area (Å²) >= 11 is 7.40. The van der Waals surface area contributed by atoms with Gasteiger partial charge in [-0.25, -0.2) is 0 Å². The number of carbonyl (C=O) groups excluding carboxylic acids is 1. The first-order valence-corrected chi connectivity index (χ1v) is 8.44. The van der Waals surface area contributed by atoms with Gasteiger partial charge in [0.1, 0.15) is 5.75 Å². The lowest BCUT2D eigenvalue weighted by atomic mass is 10.3. The highest BCUT2D eigenvalue weighted by molar-refractivity contribution is 7.13. The molecule has 0 saturated carbocycles. The second-order valence-corrected chi connectivity index (χ2v) is 6.31. The van der Waals surface area contributed by atoms with Gasteiger partial charge in [0.05, 0.1) is 11.4 Å². The molecule has 8 heteroatoms. The second kappa shape index (κ2) is 7.46. The molecule has 1 unspecified atom stereocenters. The van der Waals surface area contributed by atoms with Gasteiger partial charge in [0, 0.05) is 5.02 Å². The van der Waals surface area contributed by atoms with Crippen LogP contribution in [0.3, 0.4) is 0 Å². The van der Waals surface area contributed by atoms with Gasteiger partial charge in [0.2, 0.25) is 11.7 Å². The van der Waals surface area contributed by atoms with Crippen LogP contribution in [-0.4, -0.2) is 22.2 Å². The van der Waals surface area contributed by atoms with E-state index in [1.165, 1.54) is 11.3 Å². The van der Waals surface area contributed by atoms with Crippen LogP contribution >= 0.6 is 22.9 Å². The molecule has 0 aliphatic heterocycles. The fraction of sp³-hybridized carbons (Fsp3) is 0.188. The monoisotopic (exact) mass is 363 g/mol. The van der Waals surface area contributed by atoms with Gasteiger partial charge in [0.15, 0.2) is 6.10 Å². The molecule has 0 radical (unpaired) electrons. The molecule has 24 heavy (non-hydrogen) atoms. The van der Waals surface area contributed by atoms with Gasteiger partial charge in [-0.1, -0.05) is 28.9 Å². The Morgan fingerprint density at radius 1 is 1.42 bits per heavy atom. The number of ether oxygens (including phenoxy) is 1. The van der Waals surface area contributed by atoms with Gasteiger partial charge in [-0.15, -0.1) is 11.3 Å². The molecule has 124 valence electrons. The van der Waals surface area contributed by atoms with E-state index in [1.54, 1.807) is 31.2 Å². The molecule has 0 saturated heterocycles. The number of aromatic nitrogens is 2. The Bertz CT molecular complexity index is 820. The minimum absolute atomic E-state index is 0.139. The van der Waals surface area contributed by atoms with Crippen molar-refractivity contribution >= 4 is 28.8 Å². The van der Waals surface area contributed by atoms with Crippen LogP contribution in [-0.2, 0) is 11.3 Å². The number of nitrogens with one attached hydrogen (secondary N) is 1. The minimum atomic E-state index is -0.678. The van der Waals surface area contributed by atoms with Crippen molar-refractivity contribution in [2.45, 2.75) is 19.6 Å². The molecule has 0 spiro atoms. The third-order valence-electron chi connectivity index (χ3n) is 3.10. The summed E-state index contributed by atoms with van der Waals surface area (Å²) < 4.78 is 10.7. The van der Waals surface area contributed by atoms with Gasteiger partial charge in [-0.05, 0) is 36.6 Å². The summed E-state index contributed by atoms with van der Waals surface area (Å²) in [5.41, 5.74) is 0. The molecule has 1 aromatic carbocycles. The highest BCUT2D eigenvalue weighted by atomic mass is 35.5. The molecule has 3 rings (SSSR count). The number of amides is 1. The SMILES string of the molecule is CC(Oc1cccc(Cl)c1)C(=O)NCc1nc(-c2cccs2)no1. The summed E-state index contributed by atoms with van der Waals surface area (Å²) in [6.45, 7) is 1.79. The van der Waals surface area contributed by atoms with Gasteiger partial charge in [-0.3, -0.25) is 4.79 Å². The van der Waals surface area contributed by atoms with E-state index >= 15 is 0 Å². The fourth-order valence-electron chi connectivity index (χ4n) is 1.94.